The zero-order valence-corrected chi connectivity index (χ0v) is 7.08. The summed E-state index contributed by atoms with van der Waals surface area (Å²) >= 11 is 0. The predicted molar refractivity (Wildman–Crippen MR) is 45.9 cm³/mol. The maximum atomic E-state index is 4.17. The molecule has 1 fully saturated rings. The van der Waals surface area contributed by atoms with Gasteiger partial charge in [-0.2, -0.15) is 0 Å². The Hall–Kier alpha value is -0.830. The van der Waals surface area contributed by atoms with Crippen molar-refractivity contribution in [1.29, 1.82) is 0 Å². The lowest BCUT2D eigenvalue weighted by Gasteiger charge is -2.45. The van der Waals surface area contributed by atoms with Gasteiger partial charge in [-0.05, 0) is 12.8 Å². The van der Waals surface area contributed by atoms with E-state index >= 15 is 0 Å². The molecule has 0 aromatic carbocycles. The molecule has 0 atom stereocenters. The van der Waals surface area contributed by atoms with Crippen LogP contribution in [0, 0.1) is 5.41 Å². The molecule has 0 bridgehead atoms. The van der Waals surface area contributed by atoms with Crippen molar-refractivity contribution in [3.8, 4) is 0 Å². The van der Waals surface area contributed by atoms with E-state index in [0.717, 1.165) is 6.54 Å². The summed E-state index contributed by atoms with van der Waals surface area (Å²) in [7, 11) is 0. The number of hydrogen-bond acceptors (Lipinski definition) is 2. The van der Waals surface area contributed by atoms with E-state index in [1.165, 1.54) is 31.6 Å². The quantitative estimate of drug-likeness (QED) is 0.600. The number of aryl methyl sites for hydroxylation is 1. The molecular formula is C9H13N3. The van der Waals surface area contributed by atoms with Gasteiger partial charge in [0.15, 0.2) is 0 Å². The second-order valence-electron chi connectivity index (χ2n) is 4.11. The molecule has 1 N–H and O–H groups in total. The van der Waals surface area contributed by atoms with Crippen LogP contribution in [0.1, 0.15) is 12.1 Å². The van der Waals surface area contributed by atoms with Crippen LogP contribution in [0.2, 0.25) is 0 Å². The summed E-state index contributed by atoms with van der Waals surface area (Å²) in [6, 6.07) is 0. The Morgan fingerprint density at radius 1 is 1.50 bits per heavy atom. The Bertz CT molecular complexity index is 298. The van der Waals surface area contributed by atoms with Gasteiger partial charge in [-0.25, -0.2) is 4.98 Å². The van der Waals surface area contributed by atoms with E-state index in [0.29, 0.717) is 5.41 Å². The van der Waals surface area contributed by atoms with Gasteiger partial charge in [0.1, 0.15) is 0 Å². The fourth-order valence-electron chi connectivity index (χ4n) is 2.31. The number of fused-ring (bicyclic) bond motifs is 1. The van der Waals surface area contributed by atoms with Gasteiger partial charge >= 0.3 is 0 Å². The zero-order valence-electron chi connectivity index (χ0n) is 7.08. The average molecular weight is 163 g/mol. The second kappa shape index (κ2) is 2.10. The first-order chi connectivity index (χ1) is 5.88. The van der Waals surface area contributed by atoms with Gasteiger partial charge in [-0.1, -0.05) is 0 Å². The molecule has 2 aliphatic rings. The van der Waals surface area contributed by atoms with Crippen LogP contribution in [0.25, 0.3) is 0 Å². The summed E-state index contributed by atoms with van der Waals surface area (Å²) in [6.45, 7) is 3.58. The summed E-state index contributed by atoms with van der Waals surface area (Å²) in [5.74, 6) is 0. The number of aromatic nitrogens is 2. The summed E-state index contributed by atoms with van der Waals surface area (Å²) in [5, 5.41) is 3.36. The molecular weight excluding hydrogens is 150 g/mol. The van der Waals surface area contributed by atoms with Gasteiger partial charge in [0, 0.05) is 36.9 Å². The molecule has 3 nitrogen and oxygen atoms in total. The Balaban J connectivity index is 1.93. The SMILES string of the molecule is c1ncn2c1CC1(CC2)CNC1. The monoisotopic (exact) mass is 163 g/mol. The molecule has 1 aromatic heterocycles. The molecule has 1 spiro atoms. The smallest absolute Gasteiger partial charge is 0.0948 e. The van der Waals surface area contributed by atoms with Gasteiger partial charge in [-0.3, -0.25) is 0 Å². The largest absolute Gasteiger partial charge is 0.335 e. The van der Waals surface area contributed by atoms with Crippen LogP contribution < -0.4 is 5.32 Å². The van der Waals surface area contributed by atoms with Crippen LogP contribution in [-0.4, -0.2) is 22.6 Å². The van der Waals surface area contributed by atoms with E-state index in [4.69, 9.17) is 0 Å². The van der Waals surface area contributed by atoms with Crippen molar-refractivity contribution in [3.63, 3.8) is 0 Å². The lowest BCUT2D eigenvalue weighted by atomic mass is 9.73. The third-order valence-corrected chi connectivity index (χ3v) is 3.24. The number of nitrogens with zero attached hydrogens (tertiary/aromatic N) is 2. The average Bonchev–Trinajstić information content (AvgIpc) is 2.46. The first-order valence-corrected chi connectivity index (χ1v) is 4.58. The van der Waals surface area contributed by atoms with Gasteiger partial charge < -0.3 is 9.88 Å². The molecule has 1 saturated heterocycles. The standard InChI is InChI=1S/C9H13N3/c1-2-12-7-10-4-8(12)3-9(1)5-11-6-9/h4,7,11H,1-3,5-6H2. The first kappa shape index (κ1) is 6.66. The maximum absolute atomic E-state index is 4.17. The lowest BCUT2D eigenvalue weighted by Crippen LogP contribution is -2.56. The molecule has 0 radical (unpaired) electrons. The second-order valence-corrected chi connectivity index (χ2v) is 4.11. The highest BCUT2D eigenvalue weighted by Crippen LogP contribution is 2.35. The first-order valence-electron chi connectivity index (χ1n) is 4.58. The Kier molecular flexibility index (Phi) is 1.17. The molecule has 3 rings (SSSR count). The van der Waals surface area contributed by atoms with Crippen molar-refractivity contribution in [2.75, 3.05) is 13.1 Å². The van der Waals surface area contributed by atoms with Gasteiger partial charge in [0.05, 0.1) is 6.33 Å². The minimum Gasteiger partial charge on any atom is -0.335 e. The van der Waals surface area contributed by atoms with Gasteiger partial charge in [0.2, 0.25) is 0 Å². The van der Waals surface area contributed by atoms with Crippen LogP contribution in [-0.2, 0) is 13.0 Å². The van der Waals surface area contributed by atoms with Crippen molar-refractivity contribution in [3.05, 3.63) is 18.2 Å². The summed E-state index contributed by atoms with van der Waals surface area (Å²) in [4.78, 5) is 4.17. The number of imidazole rings is 1. The number of hydrogen-bond donors (Lipinski definition) is 1. The fraction of sp³-hybridized carbons (Fsp3) is 0.667. The molecule has 0 unspecified atom stereocenters. The van der Waals surface area contributed by atoms with E-state index in [2.05, 4.69) is 14.9 Å². The van der Waals surface area contributed by atoms with E-state index in [1.807, 2.05) is 12.5 Å². The minimum absolute atomic E-state index is 0.593. The van der Waals surface area contributed by atoms with Crippen molar-refractivity contribution < 1.29 is 0 Å². The highest BCUT2D eigenvalue weighted by atomic mass is 15.1. The summed E-state index contributed by atoms with van der Waals surface area (Å²) < 4.78 is 2.28. The third kappa shape index (κ3) is 0.771. The zero-order chi connectivity index (χ0) is 8.02. The van der Waals surface area contributed by atoms with Crippen LogP contribution in [0.4, 0.5) is 0 Å². The highest BCUT2D eigenvalue weighted by molar-refractivity contribution is 5.10. The molecule has 2 aliphatic heterocycles. The van der Waals surface area contributed by atoms with Gasteiger partial charge in [-0.15, -0.1) is 0 Å². The third-order valence-electron chi connectivity index (χ3n) is 3.24. The molecule has 0 amide bonds. The highest BCUT2D eigenvalue weighted by Gasteiger charge is 2.39. The normalized spacial score (nSPS) is 25.0. The van der Waals surface area contributed by atoms with E-state index in [9.17, 15) is 0 Å². The Morgan fingerprint density at radius 2 is 2.42 bits per heavy atom. The van der Waals surface area contributed by atoms with Crippen molar-refractivity contribution in [1.82, 2.24) is 14.9 Å². The summed E-state index contributed by atoms with van der Waals surface area (Å²) in [6.07, 6.45) is 6.51. The molecule has 0 aliphatic carbocycles. The molecule has 0 saturated carbocycles. The van der Waals surface area contributed by atoms with Crippen LogP contribution >= 0.6 is 0 Å². The van der Waals surface area contributed by atoms with E-state index in [1.54, 1.807) is 0 Å². The predicted octanol–water partition coefficient (Wildman–Crippen LogP) is 0.419. The number of nitrogens with one attached hydrogen (secondary N) is 1. The summed E-state index contributed by atoms with van der Waals surface area (Å²) in [5.41, 5.74) is 2.01. The molecule has 64 valence electrons. The topological polar surface area (TPSA) is 29.9 Å². The van der Waals surface area contributed by atoms with Crippen LogP contribution in [0.15, 0.2) is 12.5 Å². The molecule has 3 heterocycles. The molecule has 12 heavy (non-hydrogen) atoms. The fourth-order valence-corrected chi connectivity index (χ4v) is 2.31. The lowest BCUT2D eigenvalue weighted by molar-refractivity contribution is 0.124. The van der Waals surface area contributed by atoms with Crippen LogP contribution in [0.5, 0.6) is 0 Å². The van der Waals surface area contributed by atoms with E-state index < -0.39 is 0 Å². The van der Waals surface area contributed by atoms with Gasteiger partial charge in [0.25, 0.3) is 0 Å². The Labute approximate surface area is 71.8 Å². The Morgan fingerprint density at radius 3 is 3.17 bits per heavy atom. The van der Waals surface area contributed by atoms with Crippen molar-refractivity contribution in [2.24, 2.45) is 5.41 Å². The number of rotatable bonds is 0. The minimum atomic E-state index is 0.593. The van der Waals surface area contributed by atoms with Crippen molar-refractivity contribution in [2.45, 2.75) is 19.4 Å². The van der Waals surface area contributed by atoms with Crippen LogP contribution in [0.3, 0.4) is 0 Å². The molecule has 1 aromatic rings. The molecule has 3 heteroatoms. The van der Waals surface area contributed by atoms with Crippen molar-refractivity contribution >= 4 is 0 Å². The van der Waals surface area contributed by atoms with E-state index in [-0.39, 0.29) is 0 Å². The maximum Gasteiger partial charge on any atom is 0.0948 e.